The molecule has 0 spiro atoms. The second kappa shape index (κ2) is 6.16. The lowest BCUT2D eigenvalue weighted by molar-refractivity contribution is 0.0342. The van der Waals surface area contributed by atoms with Crippen molar-refractivity contribution in [3.63, 3.8) is 0 Å². The van der Waals surface area contributed by atoms with Crippen molar-refractivity contribution in [1.82, 2.24) is 4.90 Å². The van der Waals surface area contributed by atoms with E-state index in [2.05, 4.69) is 17.0 Å². The number of hydrogen-bond donors (Lipinski definition) is 0. The number of rotatable bonds is 3. The zero-order valence-electron chi connectivity index (χ0n) is 11.4. The molecule has 2 nitrogen and oxygen atoms in total. The maximum absolute atomic E-state index is 13.3. The van der Waals surface area contributed by atoms with Crippen LogP contribution in [0.2, 0.25) is 0 Å². The van der Waals surface area contributed by atoms with Crippen LogP contribution in [-0.4, -0.2) is 31.2 Å². The van der Waals surface area contributed by atoms with Crippen LogP contribution >= 0.6 is 0 Å². The van der Waals surface area contributed by atoms with E-state index in [0.717, 1.165) is 44.0 Å². The summed E-state index contributed by atoms with van der Waals surface area (Å²) in [5.74, 6) is -0.193. The van der Waals surface area contributed by atoms with Crippen molar-refractivity contribution in [2.45, 2.75) is 6.54 Å². The lowest BCUT2D eigenvalue weighted by Crippen LogP contribution is -2.35. The average molecular weight is 271 g/mol. The Balaban J connectivity index is 1.78. The number of benzene rings is 2. The maximum atomic E-state index is 13.3. The summed E-state index contributed by atoms with van der Waals surface area (Å²) in [4.78, 5) is 2.38. The van der Waals surface area contributed by atoms with Crippen LogP contribution in [0, 0.1) is 5.82 Å². The molecule has 3 heteroatoms. The first-order valence-corrected chi connectivity index (χ1v) is 6.96. The molecule has 0 bridgehead atoms. The molecule has 0 N–H and O–H groups in total. The highest BCUT2D eigenvalue weighted by molar-refractivity contribution is 5.64. The Morgan fingerprint density at radius 1 is 0.950 bits per heavy atom. The number of hydrogen-bond acceptors (Lipinski definition) is 2. The van der Waals surface area contributed by atoms with Crippen molar-refractivity contribution in [2.75, 3.05) is 26.3 Å². The highest BCUT2D eigenvalue weighted by atomic mass is 19.1. The Morgan fingerprint density at radius 2 is 1.65 bits per heavy atom. The van der Waals surface area contributed by atoms with Crippen molar-refractivity contribution in [3.8, 4) is 11.1 Å². The van der Waals surface area contributed by atoms with Gasteiger partial charge in [-0.1, -0.05) is 30.3 Å². The Bertz CT molecular complexity index is 579. The van der Waals surface area contributed by atoms with Gasteiger partial charge in [0.25, 0.3) is 0 Å². The van der Waals surface area contributed by atoms with Crippen LogP contribution in [0.25, 0.3) is 11.1 Å². The van der Waals surface area contributed by atoms with Gasteiger partial charge in [0, 0.05) is 19.6 Å². The Labute approximate surface area is 118 Å². The number of morpholine rings is 1. The lowest BCUT2D eigenvalue weighted by atomic mass is 10.0. The molecule has 0 aliphatic carbocycles. The molecule has 2 aromatic rings. The normalized spacial score (nSPS) is 16.2. The highest BCUT2D eigenvalue weighted by Gasteiger charge is 2.11. The Hall–Kier alpha value is -1.71. The minimum atomic E-state index is -0.193. The van der Waals surface area contributed by atoms with Crippen molar-refractivity contribution >= 4 is 0 Å². The van der Waals surface area contributed by atoms with Gasteiger partial charge in [0.05, 0.1) is 13.2 Å². The quantitative estimate of drug-likeness (QED) is 0.849. The summed E-state index contributed by atoms with van der Waals surface area (Å²) in [5.41, 5.74) is 3.25. The van der Waals surface area contributed by atoms with Crippen LogP contribution < -0.4 is 0 Å². The third-order valence-electron chi connectivity index (χ3n) is 3.59. The minimum absolute atomic E-state index is 0.193. The monoisotopic (exact) mass is 271 g/mol. The third-order valence-corrected chi connectivity index (χ3v) is 3.59. The van der Waals surface area contributed by atoms with Crippen LogP contribution in [-0.2, 0) is 11.3 Å². The Kier molecular flexibility index (Phi) is 4.09. The molecule has 3 rings (SSSR count). The molecule has 104 valence electrons. The lowest BCUT2D eigenvalue weighted by Gasteiger charge is -2.26. The summed E-state index contributed by atoms with van der Waals surface area (Å²) >= 11 is 0. The van der Waals surface area contributed by atoms with E-state index >= 15 is 0 Å². The van der Waals surface area contributed by atoms with Crippen molar-refractivity contribution in [3.05, 3.63) is 59.9 Å². The summed E-state index contributed by atoms with van der Waals surface area (Å²) < 4.78 is 18.7. The first-order chi connectivity index (χ1) is 9.81. The Morgan fingerprint density at radius 3 is 2.40 bits per heavy atom. The van der Waals surface area contributed by atoms with Gasteiger partial charge in [-0.2, -0.15) is 0 Å². The number of halogens is 1. The number of nitrogens with zero attached hydrogens (tertiary/aromatic N) is 1. The van der Waals surface area contributed by atoms with Gasteiger partial charge in [0.2, 0.25) is 0 Å². The van der Waals surface area contributed by atoms with Crippen molar-refractivity contribution in [1.29, 1.82) is 0 Å². The SMILES string of the molecule is Fc1cccc(-c2cccc(CN3CCOCC3)c2)c1. The van der Waals surface area contributed by atoms with Gasteiger partial charge in [-0.3, -0.25) is 4.90 Å². The van der Waals surface area contributed by atoms with Gasteiger partial charge in [0.1, 0.15) is 5.82 Å². The second-order valence-electron chi connectivity index (χ2n) is 5.10. The molecule has 1 aliphatic heterocycles. The topological polar surface area (TPSA) is 12.5 Å². The van der Waals surface area contributed by atoms with Crippen LogP contribution in [0.15, 0.2) is 48.5 Å². The van der Waals surface area contributed by atoms with E-state index < -0.39 is 0 Å². The van der Waals surface area contributed by atoms with E-state index in [0.29, 0.717) is 0 Å². The largest absolute Gasteiger partial charge is 0.379 e. The summed E-state index contributed by atoms with van der Waals surface area (Å²) in [6, 6.07) is 15.1. The zero-order chi connectivity index (χ0) is 13.8. The summed E-state index contributed by atoms with van der Waals surface area (Å²) in [6.45, 7) is 4.49. The van der Waals surface area contributed by atoms with Gasteiger partial charge in [-0.05, 0) is 34.9 Å². The number of ether oxygens (including phenoxy) is 1. The van der Waals surface area contributed by atoms with Crippen LogP contribution in [0.1, 0.15) is 5.56 Å². The van der Waals surface area contributed by atoms with E-state index in [1.54, 1.807) is 12.1 Å². The molecule has 0 saturated carbocycles. The molecule has 1 saturated heterocycles. The molecule has 0 aromatic heterocycles. The van der Waals surface area contributed by atoms with E-state index in [4.69, 9.17) is 4.74 Å². The maximum Gasteiger partial charge on any atom is 0.123 e. The summed E-state index contributed by atoms with van der Waals surface area (Å²) in [5, 5.41) is 0. The molecule has 1 fully saturated rings. The minimum Gasteiger partial charge on any atom is -0.379 e. The molecule has 0 atom stereocenters. The molecular formula is C17H18FNO. The summed E-state index contributed by atoms with van der Waals surface area (Å²) in [6.07, 6.45) is 0. The van der Waals surface area contributed by atoms with Gasteiger partial charge in [0.15, 0.2) is 0 Å². The molecule has 20 heavy (non-hydrogen) atoms. The van der Waals surface area contributed by atoms with Gasteiger partial charge < -0.3 is 4.74 Å². The average Bonchev–Trinajstić information content (AvgIpc) is 2.49. The molecular weight excluding hydrogens is 253 g/mol. The van der Waals surface area contributed by atoms with E-state index in [1.165, 1.54) is 11.6 Å². The van der Waals surface area contributed by atoms with Crippen molar-refractivity contribution in [2.24, 2.45) is 0 Å². The highest BCUT2D eigenvalue weighted by Crippen LogP contribution is 2.22. The fourth-order valence-corrected chi connectivity index (χ4v) is 2.53. The predicted molar refractivity (Wildman–Crippen MR) is 77.9 cm³/mol. The van der Waals surface area contributed by atoms with Crippen molar-refractivity contribution < 1.29 is 9.13 Å². The van der Waals surface area contributed by atoms with E-state index in [-0.39, 0.29) is 5.82 Å². The predicted octanol–water partition coefficient (Wildman–Crippen LogP) is 3.32. The van der Waals surface area contributed by atoms with Gasteiger partial charge >= 0.3 is 0 Å². The third kappa shape index (κ3) is 3.24. The smallest absolute Gasteiger partial charge is 0.123 e. The van der Waals surface area contributed by atoms with Gasteiger partial charge in [-0.25, -0.2) is 4.39 Å². The first kappa shape index (κ1) is 13.3. The standard InChI is InChI=1S/C17H18FNO/c18-17-6-2-5-16(12-17)15-4-1-3-14(11-15)13-19-7-9-20-10-8-19/h1-6,11-12H,7-10,13H2. The van der Waals surface area contributed by atoms with E-state index in [1.807, 2.05) is 18.2 Å². The molecule has 2 aromatic carbocycles. The zero-order valence-corrected chi connectivity index (χ0v) is 11.4. The van der Waals surface area contributed by atoms with E-state index in [9.17, 15) is 4.39 Å². The fourth-order valence-electron chi connectivity index (χ4n) is 2.53. The molecule has 1 heterocycles. The van der Waals surface area contributed by atoms with Crippen LogP contribution in [0.3, 0.4) is 0 Å². The first-order valence-electron chi connectivity index (χ1n) is 6.96. The molecule has 0 radical (unpaired) electrons. The molecule has 0 amide bonds. The van der Waals surface area contributed by atoms with Crippen LogP contribution in [0.5, 0.6) is 0 Å². The van der Waals surface area contributed by atoms with Crippen LogP contribution in [0.4, 0.5) is 4.39 Å². The fraction of sp³-hybridized carbons (Fsp3) is 0.294. The summed E-state index contributed by atoms with van der Waals surface area (Å²) in [7, 11) is 0. The molecule has 0 unspecified atom stereocenters. The molecule has 1 aliphatic rings. The van der Waals surface area contributed by atoms with Gasteiger partial charge in [-0.15, -0.1) is 0 Å². The second-order valence-corrected chi connectivity index (χ2v) is 5.10.